The number of anilines is 1. The second-order valence-electron chi connectivity index (χ2n) is 7.38. The van der Waals surface area contributed by atoms with Crippen molar-refractivity contribution in [1.29, 1.82) is 0 Å². The fourth-order valence-corrected chi connectivity index (χ4v) is 5.57. The molecule has 5 nitrogen and oxygen atoms in total. The van der Waals surface area contributed by atoms with Gasteiger partial charge in [-0.3, -0.25) is 0 Å². The van der Waals surface area contributed by atoms with Crippen LogP contribution in [0.1, 0.15) is 11.1 Å². The Morgan fingerprint density at radius 3 is 2.26 bits per heavy atom. The van der Waals surface area contributed by atoms with Crippen LogP contribution in [0.25, 0.3) is 0 Å². The number of sulfonamides is 1. The Kier molecular flexibility index (Phi) is 8.21. The van der Waals surface area contributed by atoms with Gasteiger partial charge in [0, 0.05) is 28.8 Å². The quantitative estimate of drug-likeness (QED) is 0.333. The molecule has 3 rings (SSSR count). The fraction of sp³-hybridized carbons (Fsp3) is 0.217. The van der Waals surface area contributed by atoms with Gasteiger partial charge in [-0.25, -0.2) is 17.5 Å². The molecule has 0 amide bonds. The third-order valence-corrected chi connectivity index (χ3v) is 7.37. The van der Waals surface area contributed by atoms with Crippen LogP contribution < -0.4 is 14.8 Å². The standard InChI is InChI=1S/C23H21BrF4N2O3S/c1-33-21-13-22(20(24)12-19(21)23(26,27)28)34(31,32)30-18(11-15-5-3-2-4-6-15)14-29-17-9-7-16(25)8-10-17/h2-10,12-13,18,29-30H,11,14H2,1H3/t18-/m1/s1. The van der Waals surface area contributed by atoms with Gasteiger partial charge in [-0.15, -0.1) is 0 Å². The minimum absolute atomic E-state index is 0.134. The Morgan fingerprint density at radius 1 is 1.03 bits per heavy atom. The van der Waals surface area contributed by atoms with Crippen molar-refractivity contribution in [2.45, 2.75) is 23.5 Å². The molecule has 11 heteroatoms. The normalized spacial score (nSPS) is 12.9. The van der Waals surface area contributed by atoms with Gasteiger partial charge in [0.2, 0.25) is 10.0 Å². The minimum Gasteiger partial charge on any atom is -0.496 e. The van der Waals surface area contributed by atoms with Crippen LogP contribution in [-0.2, 0) is 22.6 Å². The summed E-state index contributed by atoms with van der Waals surface area (Å²) in [5, 5.41) is 3.05. The molecule has 0 heterocycles. The molecule has 3 aromatic rings. The lowest BCUT2D eigenvalue weighted by Crippen LogP contribution is -2.41. The third kappa shape index (κ3) is 6.71. The lowest BCUT2D eigenvalue weighted by Gasteiger charge is -2.21. The predicted octanol–water partition coefficient (Wildman–Crippen LogP) is 5.62. The number of methoxy groups -OCH3 is 1. The maximum absolute atomic E-state index is 13.3. The number of benzene rings is 3. The topological polar surface area (TPSA) is 67.4 Å². The summed E-state index contributed by atoms with van der Waals surface area (Å²) in [7, 11) is -3.23. The van der Waals surface area contributed by atoms with Gasteiger partial charge in [0.15, 0.2) is 0 Å². The number of rotatable bonds is 9. The van der Waals surface area contributed by atoms with Gasteiger partial charge < -0.3 is 10.1 Å². The van der Waals surface area contributed by atoms with E-state index in [1.807, 2.05) is 30.3 Å². The van der Waals surface area contributed by atoms with E-state index in [4.69, 9.17) is 4.74 Å². The van der Waals surface area contributed by atoms with E-state index in [1.165, 1.54) is 24.3 Å². The van der Waals surface area contributed by atoms with Crippen LogP contribution in [0.3, 0.4) is 0 Å². The summed E-state index contributed by atoms with van der Waals surface area (Å²) in [6.45, 7) is 0.134. The number of ether oxygens (including phenoxy) is 1. The average Bonchev–Trinajstić information content (AvgIpc) is 2.78. The SMILES string of the molecule is COc1cc(S(=O)(=O)N[C@@H](CNc2ccc(F)cc2)Cc2ccccc2)c(Br)cc1C(F)(F)F. The Balaban J connectivity index is 1.89. The average molecular weight is 561 g/mol. The van der Waals surface area contributed by atoms with Gasteiger partial charge in [-0.05, 0) is 58.2 Å². The highest BCUT2D eigenvalue weighted by atomic mass is 79.9. The molecule has 0 spiro atoms. The first-order chi connectivity index (χ1) is 16.0. The maximum Gasteiger partial charge on any atom is 0.420 e. The zero-order valence-corrected chi connectivity index (χ0v) is 20.3. The minimum atomic E-state index is -4.72. The van der Waals surface area contributed by atoms with E-state index < -0.39 is 44.3 Å². The van der Waals surface area contributed by atoms with Crippen LogP contribution in [-0.4, -0.2) is 28.1 Å². The van der Waals surface area contributed by atoms with Crippen LogP contribution in [0.15, 0.2) is 76.1 Å². The lowest BCUT2D eigenvalue weighted by molar-refractivity contribution is -0.138. The van der Waals surface area contributed by atoms with E-state index in [0.717, 1.165) is 18.7 Å². The first-order valence-corrected chi connectivity index (χ1v) is 12.3. The summed E-state index contributed by atoms with van der Waals surface area (Å²) < 4.78 is 86.5. The molecule has 0 saturated heterocycles. The highest BCUT2D eigenvalue weighted by molar-refractivity contribution is 9.10. The highest BCUT2D eigenvalue weighted by Gasteiger charge is 2.36. The fourth-order valence-electron chi connectivity index (χ4n) is 3.28. The van der Waals surface area contributed by atoms with Crippen LogP contribution in [0, 0.1) is 5.82 Å². The van der Waals surface area contributed by atoms with Gasteiger partial charge in [0.05, 0.1) is 17.6 Å². The number of hydrogen-bond acceptors (Lipinski definition) is 4. The van der Waals surface area contributed by atoms with Crippen molar-refractivity contribution in [2.75, 3.05) is 19.0 Å². The maximum atomic E-state index is 13.3. The molecule has 3 aromatic carbocycles. The molecule has 0 fully saturated rings. The number of alkyl halides is 3. The summed E-state index contributed by atoms with van der Waals surface area (Å²) in [4.78, 5) is -0.391. The van der Waals surface area contributed by atoms with E-state index in [-0.39, 0.29) is 11.0 Å². The number of nitrogens with one attached hydrogen (secondary N) is 2. The Morgan fingerprint density at radius 2 is 1.68 bits per heavy atom. The van der Waals surface area contributed by atoms with Gasteiger partial charge in [-0.2, -0.15) is 13.2 Å². The monoisotopic (exact) mass is 560 g/mol. The molecule has 1 atom stereocenters. The molecule has 2 N–H and O–H groups in total. The van der Waals surface area contributed by atoms with E-state index in [1.54, 1.807) is 0 Å². The van der Waals surface area contributed by atoms with Gasteiger partial charge in [0.25, 0.3) is 0 Å². The van der Waals surface area contributed by atoms with Crippen molar-refractivity contribution in [2.24, 2.45) is 0 Å². The van der Waals surface area contributed by atoms with Gasteiger partial charge in [-0.1, -0.05) is 30.3 Å². The second kappa shape index (κ2) is 10.7. The molecule has 0 aliphatic carbocycles. The van der Waals surface area contributed by atoms with Crippen molar-refractivity contribution in [3.63, 3.8) is 0 Å². The first kappa shape index (κ1) is 26.0. The van der Waals surface area contributed by atoms with E-state index >= 15 is 0 Å². The molecule has 0 saturated carbocycles. The molecule has 0 bridgehead atoms. The largest absolute Gasteiger partial charge is 0.496 e. The summed E-state index contributed by atoms with van der Waals surface area (Å²) >= 11 is 2.95. The highest BCUT2D eigenvalue weighted by Crippen LogP contribution is 2.40. The molecule has 182 valence electrons. The number of hydrogen-bond donors (Lipinski definition) is 2. The molecule has 0 aliphatic rings. The van der Waals surface area contributed by atoms with Crippen molar-refractivity contribution in [1.82, 2.24) is 4.72 Å². The Labute approximate surface area is 203 Å². The zero-order chi connectivity index (χ0) is 24.9. The van der Waals surface area contributed by atoms with Crippen LogP contribution >= 0.6 is 15.9 Å². The van der Waals surface area contributed by atoms with E-state index in [0.29, 0.717) is 18.2 Å². The Hall–Kier alpha value is -2.63. The molecule has 0 aliphatic heterocycles. The molecule has 0 radical (unpaired) electrons. The van der Waals surface area contributed by atoms with Crippen molar-refractivity contribution < 1.29 is 30.7 Å². The molecule has 0 unspecified atom stereocenters. The zero-order valence-electron chi connectivity index (χ0n) is 17.9. The third-order valence-electron chi connectivity index (χ3n) is 4.89. The summed E-state index contributed by atoms with van der Waals surface area (Å²) in [5.41, 5.74) is 0.329. The van der Waals surface area contributed by atoms with Crippen molar-refractivity contribution in [3.05, 3.63) is 88.1 Å². The van der Waals surface area contributed by atoms with E-state index in [2.05, 4.69) is 26.0 Å². The predicted molar refractivity (Wildman–Crippen MR) is 125 cm³/mol. The van der Waals surface area contributed by atoms with Crippen molar-refractivity contribution in [3.8, 4) is 5.75 Å². The van der Waals surface area contributed by atoms with Crippen molar-refractivity contribution >= 4 is 31.6 Å². The second-order valence-corrected chi connectivity index (χ2v) is 9.91. The molecular weight excluding hydrogens is 540 g/mol. The Bertz CT molecular complexity index is 1220. The molecule has 34 heavy (non-hydrogen) atoms. The van der Waals surface area contributed by atoms with Gasteiger partial charge in [0.1, 0.15) is 11.6 Å². The summed E-state index contributed by atoms with van der Waals surface area (Å²) in [5.74, 6) is -1.02. The summed E-state index contributed by atoms with van der Waals surface area (Å²) in [6.07, 6.45) is -4.43. The summed E-state index contributed by atoms with van der Waals surface area (Å²) in [6, 6.07) is 15.5. The lowest BCUT2D eigenvalue weighted by atomic mass is 10.1. The molecular formula is C23H21BrF4N2O3S. The van der Waals surface area contributed by atoms with Crippen LogP contribution in [0.5, 0.6) is 5.75 Å². The van der Waals surface area contributed by atoms with E-state index in [9.17, 15) is 26.0 Å². The van der Waals surface area contributed by atoms with Crippen LogP contribution in [0.2, 0.25) is 0 Å². The first-order valence-electron chi connectivity index (χ1n) is 10.00. The van der Waals surface area contributed by atoms with Crippen LogP contribution in [0.4, 0.5) is 23.2 Å². The smallest absolute Gasteiger partial charge is 0.420 e. The molecule has 0 aromatic heterocycles. The number of halogens is 5. The van der Waals surface area contributed by atoms with Gasteiger partial charge >= 0.3 is 6.18 Å².